The topological polar surface area (TPSA) is 123 Å². The lowest BCUT2D eigenvalue weighted by Gasteiger charge is -2.20. The molecule has 0 unspecified atom stereocenters. The highest BCUT2D eigenvalue weighted by Gasteiger charge is 2.17. The molecule has 0 saturated carbocycles. The predicted molar refractivity (Wildman–Crippen MR) is 175 cm³/mol. The number of rotatable bonds is 14. The molecule has 228 valence electrons. The Kier molecular flexibility index (Phi) is 13.5. The number of nitrogens with one attached hydrogen (secondary N) is 3. The van der Waals surface area contributed by atoms with E-state index in [2.05, 4.69) is 50.8 Å². The molecule has 3 aromatic heterocycles. The van der Waals surface area contributed by atoms with E-state index in [0.29, 0.717) is 69.3 Å². The third kappa shape index (κ3) is 9.55. The molecule has 0 aliphatic carbocycles. The average molecular weight is 625 g/mol. The van der Waals surface area contributed by atoms with Gasteiger partial charge in [-0.2, -0.15) is 10.4 Å². The first kappa shape index (κ1) is 33.6. The number of anilines is 2. The number of pyridine rings is 1. The van der Waals surface area contributed by atoms with Crippen LogP contribution in [0.25, 0.3) is 16.8 Å². The van der Waals surface area contributed by atoms with Gasteiger partial charge >= 0.3 is 0 Å². The van der Waals surface area contributed by atoms with Crippen LogP contribution in [0.5, 0.6) is 0 Å². The van der Waals surface area contributed by atoms with Gasteiger partial charge in [0.25, 0.3) is 5.91 Å². The van der Waals surface area contributed by atoms with Crippen LogP contribution in [0.15, 0.2) is 48.8 Å². The van der Waals surface area contributed by atoms with Gasteiger partial charge in [-0.05, 0) is 56.3 Å². The lowest BCUT2D eigenvalue weighted by atomic mass is 10.1. The van der Waals surface area contributed by atoms with Crippen molar-refractivity contribution in [2.45, 2.75) is 40.5 Å². The molecule has 0 aliphatic heterocycles. The van der Waals surface area contributed by atoms with E-state index in [1.54, 1.807) is 47.1 Å². The van der Waals surface area contributed by atoms with E-state index >= 15 is 0 Å². The van der Waals surface area contributed by atoms with Crippen LogP contribution in [0.1, 0.15) is 56.6 Å². The molecule has 1 aromatic carbocycles. The lowest BCUT2D eigenvalue weighted by Crippen LogP contribution is -2.36. The summed E-state index contributed by atoms with van der Waals surface area (Å²) in [6, 6.07) is 12.5. The first-order valence-corrected chi connectivity index (χ1v) is 15.4. The van der Waals surface area contributed by atoms with E-state index in [4.69, 9.17) is 33.4 Å². The molecule has 43 heavy (non-hydrogen) atoms. The molecule has 12 heteroatoms. The summed E-state index contributed by atoms with van der Waals surface area (Å²) in [4.78, 5) is 24.4. The minimum absolute atomic E-state index is 0.243. The van der Waals surface area contributed by atoms with Crippen molar-refractivity contribution in [2.24, 2.45) is 0 Å². The Hall–Kier alpha value is -3.91. The number of amides is 1. The number of nitriles is 1. The Morgan fingerprint density at radius 2 is 1.74 bits per heavy atom. The lowest BCUT2D eigenvalue weighted by molar-refractivity contribution is 0.0943. The molecule has 0 saturated heterocycles. The van der Waals surface area contributed by atoms with Crippen LogP contribution in [0, 0.1) is 11.3 Å². The number of carbonyl (C=O) groups is 1. The molecule has 0 spiro atoms. The van der Waals surface area contributed by atoms with Crippen LogP contribution in [-0.2, 0) is 0 Å². The Morgan fingerprint density at radius 1 is 1.00 bits per heavy atom. The smallest absolute Gasteiger partial charge is 0.271 e. The molecule has 4 aromatic rings. The fraction of sp³-hybridized carbons (Fsp3) is 0.387. The maximum atomic E-state index is 13.0. The van der Waals surface area contributed by atoms with Crippen LogP contribution in [0.4, 0.5) is 11.6 Å². The maximum absolute atomic E-state index is 13.0. The van der Waals surface area contributed by atoms with Gasteiger partial charge < -0.3 is 20.9 Å². The number of nitrogens with zero attached hydrogens (tertiary/aromatic N) is 6. The number of halogens is 2. The number of hydrogen-bond acceptors (Lipinski definition) is 8. The monoisotopic (exact) mass is 623 g/mol. The second-order valence-electron chi connectivity index (χ2n) is 9.45. The van der Waals surface area contributed by atoms with E-state index in [0.717, 1.165) is 32.5 Å². The quantitative estimate of drug-likeness (QED) is 0.138. The molecule has 1 amide bonds. The van der Waals surface area contributed by atoms with Gasteiger partial charge in [-0.1, -0.05) is 50.9 Å². The normalized spacial score (nSPS) is 10.7. The largest absolute Gasteiger partial charge is 0.368 e. The average Bonchev–Trinajstić information content (AvgIpc) is 3.45. The minimum Gasteiger partial charge on any atom is -0.368 e. The highest BCUT2D eigenvalue weighted by Crippen LogP contribution is 2.31. The second kappa shape index (κ2) is 17.3. The third-order valence-corrected chi connectivity index (χ3v) is 6.85. The highest BCUT2D eigenvalue weighted by molar-refractivity contribution is 6.36. The number of benzene rings is 1. The van der Waals surface area contributed by atoms with Gasteiger partial charge in [0, 0.05) is 49.0 Å². The van der Waals surface area contributed by atoms with E-state index in [1.807, 2.05) is 13.8 Å². The zero-order valence-corrected chi connectivity index (χ0v) is 26.6. The molecule has 0 fully saturated rings. The second-order valence-corrected chi connectivity index (χ2v) is 10.3. The summed E-state index contributed by atoms with van der Waals surface area (Å²) in [5.41, 5.74) is 2.71. The minimum atomic E-state index is -0.243. The van der Waals surface area contributed by atoms with Crippen molar-refractivity contribution in [1.29, 1.82) is 5.26 Å². The van der Waals surface area contributed by atoms with Crippen molar-refractivity contribution in [1.82, 2.24) is 29.8 Å². The van der Waals surface area contributed by atoms with E-state index in [1.165, 1.54) is 6.20 Å². The van der Waals surface area contributed by atoms with Crippen LogP contribution in [0.3, 0.4) is 0 Å². The molecule has 3 N–H and O–H groups in total. The van der Waals surface area contributed by atoms with Crippen molar-refractivity contribution < 1.29 is 4.79 Å². The Balaban J connectivity index is 0.00000248. The van der Waals surface area contributed by atoms with Gasteiger partial charge in [-0.3, -0.25) is 4.79 Å². The van der Waals surface area contributed by atoms with Gasteiger partial charge in [0.05, 0.1) is 22.5 Å². The van der Waals surface area contributed by atoms with Gasteiger partial charge in [0.1, 0.15) is 17.4 Å². The van der Waals surface area contributed by atoms with Gasteiger partial charge in [0.15, 0.2) is 11.5 Å². The molecule has 0 atom stereocenters. The standard InChI is InChI=1S/C29H33Cl2N9O.C2H6/c1-3-12-39(13-4-2)14-11-35-29(41)24-16-26-28(34-10-9-33-27-8-5-20(17-32)18-36-27)37-25(19-40(26)38-24)22-7-6-21(30)15-23(22)31;1-2/h5-8,15-16,18-19H,3-4,9-14H2,1-2H3,(H,33,36)(H,34,37)(H,35,41);1-2H3. The molecular formula is C31H39Cl2N9O. The summed E-state index contributed by atoms with van der Waals surface area (Å²) < 4.78 is 1.64. The van der Waals surface area contributed by atoms with Gasteiger partial charge in [-0.15, -0.1) is 0 Å². The number of fused-ring (bicyclic) bond motifs is 1. The summed E-state index contributed by atoms with van der Waals surface area (Å²) in [6.07, 6.45) is 5.41. The third-order valence-electron chi connectivity index (χ3n) is 6.30. The van der Waals surface area contributed by atoms with Crippen molar-refractivity contribution in [3.63, 3.8) is 0 Å². The van der Waals surface area contributed by atoms with Crippen LogP contribution >= 0.6 is 23.2 Å². The van der Waals surface area contributed by atoms with Crippen molar-refractivity contribution >= 4 is 46.3 Å². The zero-order valence-electron chi connectivity index (χ0n) is 25.1. The first-order chi connectivity index (χ1) is 20.9. The summed E-state index contributed by atoms with van der Waals surface area (Å²) in [5, 5.41) is 24.0. The van der Waals surface area contributed by atoms with Crippen LogP contribution < -0.4 is 16.0 Å². The summed E-state index contributed by atoms with van der Waals surface area (Å²) in [6.45, 7) is 12.7. The molecular weight excluding hydrogens is 585 g/mol. The number of hydrogen-bond donors (Lipinski definition) is 3. The van der Waals surface area contributed by atoms with Crippen LogP contribution in [0.2, 0.25) is 10.0 Å². The Labute approximate surface area is 263 Å². The van der Waals surface area contributed by atoms with Crippen molar-refractivity contribution in [2.75, 3.05) is 49.9 Å². The highest BCUT2D eigenvalue weighted by atomic mass is 35.5. The molecule has 0 radical (unpaired) electrons. The molecule has 0 aliphatic rings. The number of aromatic nitrogens is 4. The van der Waals surface area contributed by atoms with E-state index in [-0.39, 0.29) is 5.91 Å². The van der Waals surface area contributed by atoms with Crippen molar-refractivity contribution in [3.05, 3.63) is 70.1 Å². The SMILES string of the molecule is CC.CCCN(CCC)CCNC(=O)c1cc2c(NCCNc3ccc(C#N)cn3)nc(-c3ccc(Cl)cc3Cl)cn2n1. The maximum Gasteiger partial charge on any atom is 0.271 e. The predicted octanol–water partition coefficient (Wildman–Crippen LogP) is 6.37. The van der Waals surface area contributed by atoms with Crippen LogP contribution in [-0.4, -0.2) is 69.7 Å². The first-order valence-electron chi connectivity index (χ1n) is 14.6. The Bertz CT molecular complexity index is 1510. The number of carbonyl (C=O) groups excluding carboxylic acids is 1. The van der Waals surface area contributed by atoms with E-state index in [9.17, 15) is 4.79 Å². The molecule has 4 rings (SSSR count). The van der Waals surface area contributed by atoms with Gasteiger partial charge in [-0.25, -0.2) is 14.5 Å². The molecule has 10 nitrogen and oxygen atoms in total. The van der Waals surface area contributed by atoms with Gasteiger partial charge in [0.2, 0.25) is 0 Å². The summed E-state index contributed by atoms with van der Waals surface area (Å²) in [7, 11) is 0. The fourth-order valence-electron chi connectivity index (χ4n) is 4.38. The van der Waals surface area contributed by atoms with E-state index < -0.39 is 0 Å². The molecule has 0 bridgehead atoms. The summed E-state index contributed by atoms with van der Waals surface area (Å²) in [5.74, 6) is 0.962. The zero-order chi connectivity index (χ0) is 31.2. The summed E-state index contributed by atoms with van der Waals surface area (Å²) >= 11 is 12.6. The Morgan fingerprint density at radius 3 is 2.40 bits per heavy atom. The van der Waals surface area contributed by atoms with Crippen molar-refractivity contribution in [3.8, 4) is 17.3 Å². The fourth-order valence-corrected chi connectivity index (χ4v) is 4.89. The molecule has 3 heterocycles.